The highest BCUT2D eigenvalue weighted by Gasteiger charge is 2.34. The van der Waals surface area contributed by atoms with Crippen molar-refractivity contribution in [3.05, 3.63) is 29.8 Å². The smallest absolute Gasteiger partial charge is 0.308 e. The summed E-state index contributed by atoms with van der Waals surface area (Å²) in [6.45, 7) is 6.26. The number of hydrogen-bond donors (Lipinski definition) is 2. The quantitative estimate of drug-likeness (QED) is 0.734. The van der Waals surface area contributed by atoms with Crippen LogP contribution in [-0.2, 0) is 19.6 Å². The molecule has 0 radical (unpaired) electrons. The molecule has 2 N–H and O–H groups in total. The minimum Gasteiger partial charge on any atom is -0.481 e. The summed E-state index contributed by atoms with van der Waals surface area (Å²) in [7, 11) is -3.85. The van der Waals surface area contributed by atoms with E-state index in [4.69, 9.17) is 0 Å². The average molecular weight is 397 g/mol. The van der Waals surface area contributed by atoms with E-state index in [-0.39, 0.29) is 23.3 Å². The molecule has 1 fully saturated rings. The first-order chi connectivity index (χ1) is 12.6. The van der Waals surface area contributed by atoms with Crippen molar-refractivity contribution in [2.45, 2.75) is 51.0 Å². The molecule has 1 aliphatic rings. The lowest BCUT2D eigenvalue weighted by molar-refractivity contribution is -0.146. The van der Waals surface area contributed by atoms with E-state index in [0.717, 1.165) is 5.56 Å². The first-order valence-corrected chi connectivity index (χ1v) is 10.7. The summed E-state index contributed by atoms with van der Waals surface area (Å²) in [6.07, 6.45) is 1.48. The molecule has 7 nitrogen and oxygen atoms in total. The van der Waals surface area contributed by atoms with Crippen LogP contribution < -0.4 is 4.72 Å². The van der Waals surface area contributed by atoms with Crippen molar-refractivity contribution in [1.82, 2.24) is 9.62 Å². The van der Waals surface area contributed by atoms with Gasteiger partial charge in [-0.15, -0.1) is 0 Å². The number of likely N-dealkylation sites (tertiary alicyclic amines) is 1. The van der Waals surface area contributed by atoms with Crippen LogP contribution in [0.1, 0.15) is 38.7 Å². The van der Waals surface area contributed by atoms with Crippen LogP contribution in [0.5, 0.6) is 0 Å². The number of hydrogen-bond acceptors (Lipinski definition) is 4. The monoisotopic (exact) mass is 396 g/mol. The second-order valence-electron chi connectivity index (χ2n) is 7.58. The number of rotatable bonds is 7. The Balaban J connectivity index is 2.20. The first-order valence-electron chi connectivity index (χ1n) is 9.20. The predicted octanol–water partition coefficient (Wildman–Crippen LogP) is 2.01. The summed E-state index contributed by atoms with van der Waals surface area (Å²) in [5.41, 5.74) is 0.941. The minimum absolute atomic E-state index is 0.0970. The molecular weight excluding hydrogens is 368 g/mol. The van der Waals surface area contributed by atoms with Crippen molar-refractivity contribution in [1.29, 1.82) is 0 Å². The maximum Gasteiger partial charge on any atom is 0.308 e. The van der Waals surface area contributed by atoms with Gasteiger partial charge >= 0.3 is 5.97 Å². The number of aryl methyl sites for hydroxylation is 1. The van der Waals surface area contributed by atoms with E-state index in [1.54, 1.807) is 12.1 Å². The van der Waals surface area contributed by atoms with Gasteiger partial charge in [-0.1, -0.05) is 31.5 Å². The summed E-state index contributed by atoms with van der Waals surface area (Å²) in [5.74, 6) is -1.78. The van der Waals surface area contributed by atoms with Crippen LogP contribution >= 0.6 is 0 Å². The van der Waals surface area contributed by atoms with Gasteiger partial charge in [-0.2, -0.15) is 4.72 Å². The van der Waals surface area contributed by atoms with Gasteiger partial charge in [0.15, 0.2) is 0 Å². The van der Waals surface area contributed by atoms with Crippen molar-refractivity contribution < 1.29 is 23.1 Å². The molecule has 0 spiro atoms. The molecule has 0 aromatic heterocycles. The fourth-order valence-electron chi connectivity index (χ4n) is 3.24. The molecule has 1 aromatic rings. The Bertz CT molecular complexity index is 774. The Kier molecular flexibility index (Phi) is 7.00. The first kappa shape index (κ1) is 21.4. The Labute approximate surface area is 160 Å². The number of piperidine rings is 1. The fourth-order valence-corrected chi connectivity index (χ4v) is 4.44. The van der Waals surface area contributed by atoms with Gasteiger partial charge in [0.1, 0.15) is 6.04 Å². The zero-order chi connectivity index (χ0) is 20.2. The van der Waals surface area contributed by atoms with Crippen molar-refractivity contribution in [3.8, 4) is 0 Å². The zero-order valence-corrected chi connectivity index (χ0v) is 16.8. The summed E-state index contributed by atoms with van der Waals surface area (Å²) in [6, 6.07) is 5.52. The van der Waals surface area contributed by atoms with Gasteiger partial charge in [-0.05, 0) is 44.2 Å². The SMILES string of the molecule is Cc1ccc(S(=O)(=O)NC(CC(C)C)C(=O)N2CCCC(C(=O)O)C2)cc1. The number of nitrogens with one attached hydrogen (secondary N) is 1. The van der Waals surface area contributed by atoms with Gasteiger partial charge in [0.05, 0.1) is 10.8 Å². The topological polar surface area (TPSA) is 104 Å². The summed E-state index contributed by atoms with van der Waals surface area (Å²) >= 11 is 0. The van der Waals surface area contributed by atoms with Crippen LogP contribution in [-0.4, -0.2) is 49.4 Å². The van der Waals surface area contributed by atoms with E-state index >= 15 is 0 Å². The largest absolute Gasteiger partial charge is 0.481 e. The molecular formula is C19H28N2O5S. The molecule has 2 rings (SSSR count). The molecule has 1 saturated heterocycles. The highest BCUT2D eigenvalue weighted by Crippen LogP contribution is 2.20. The number of carboxylic acid groups (broad SMARTS) is 1. The highest BCUT2D eigenvalue weighted by molar-refractivity contribution is 7.89. The number of carboxylic acids is 1. The molecule has 1 aliphatic heterocycles. The summed E-state index contributed by atoms with van der Waals surface area (Å²) in [5, 5.41) is 9.23. The number of sulfonamides is 1. The molecule has 1 heterocycles. The molecule has 1 amide bonds. The lowest BCUT2D eigenvalue weighted by atomic mass is 9.96. The van der Waals surface area contributed by atoms with Crippen LogP contribution in [0.3, 0.4) is 0 Å². The standard InChI is InChI=1S/C19H28N2O5S/c1-13(2)11-17(18(22)21-10-4-5-15(12-21)19(23)24)20-27(25,26)16-8-6-14(3)7-9-16/h6-9,13,15,17,20H,4-5,10-12H2,1-3H3,(H,23,24). The molecule has 0 bridgehead atoms. The number of carbonyl (C=O) groups is 2. The number of benzene rings is 1. The molecule has 150 valence electrons. The number of nitrogens with zero attached hydrogens (tertiary/aromatic N) is 1. The number of aliphatic carboxylic acids is 1. The normalized spacial score (nSPS) is 19.1. The lowest BCUT2D eigenvalue weighted by Gasteiger charge is -2.34. The molecule has 2 unspecified atom stereocenters. The van der Waals surface area contributed by atoms with E-state index in [0.29, 0.717) is 25.8 Å². The zero-order valence-electron chi connectivity index (χ0n) is 16.0. The third-order valence-corrected chi connectivity index (χ3v) is 6.20. The van der Waals surface area contributed by atoms with Crippen LogP contribution in [0.4, 0.5) is 0 Å². The van der Waals surface area contributed by atoms with E-state index in [2.05, 4.69) is 4.72 Å². The second-order valence-corrected chi connectivity index (χ2v) is 9.29. The van der Waals surface area contributed by atoms with Gasteiger partial charge in [0.25, 0.3) is 0 Å². The van der Waals surface area contributed by atoms with Crippen molar-refractivity contribution in [3.63, 3.8) is 0 Å². The molecule has 0 aliphatic carbocycles. The van der Waals surface area contributed by atoms with Crippen molar-refractivity contribution >= 4 is 21.9 Å². The Morgan fingerprint density at radius 2 is 1.89 bits per heavy atom. The third-order valence-electron chi connectivity index (χ3n) is 4.72. The van der Waals surface area contributed by atoms with Gasteiger partial charge < -0.3 is 10.0 Å². The number of carbonyl (C=O) groups excluding carboxylic acids is 1. The molecule has 0 saturated carbocycles. The van der Waals surface area contributed by atoms with Crippen molar-refractivity contribution in [2.75, 3.05) is 13.1 Å². The molecule has 27 heavy (non-hydrogen) atoms. The summed E-state index contributed by atoms with van der Waals surface area (Å²) in [4.78, 5) is 25.8. The van der Waals surface area contributed by atoms with Crippen LogP contribution in [0.15, 0.2) is 29.2 Å². The average Bonchev–Trinajstić information content (AvgIpc) is 2.60. The van der Waals surface area contributed by atoms with Crippen LogP contribution in [0.25, 0.3) is 0 Å². The molecule has 2 atom stereocenters. The Hall–Kier alpha value is -1.93. The minimum atomic E-state index is -3.85. The Morgan fingerprint density at radius 1 is 1.26 bits per heavy atom. The van der Waals surface area contributed by atoms with Gasteiger partial charge in [-0.3, -0.25) is 9.59 Å². The van der Waals surface area contributed by atoms with Gasteiger partial charge in [0, 0.05) is 13.1 Å². The molecule has 1 aromatic carbocycles. The van der Waals surface area contributed by atoms with E-state index in [1.807, 2.05) is 20.8 Å². The van der Waals surface area contributed by atoms with Crippen LogP contribution in [0, 0.1) is 18.8 Å². The maximum absolute atomic E-state index is 13.0. The summed E-state index contributed by atoms with van der Waals surface area (Å²) < 4.78 is 28.0. The van der Waals surface area contributed by atoms with Crippen molar-refractivity contribution in [2.24, 2.45) is 11.8 Å². The second kappa shape index (κ2) is 8.84. The predicted molar refractivity (Wildman–Crippen MR) is 102 cm³/mol. The van der Waals surface area contributed by atoms with E-state index in [1.165, 1.54) is 17.0 Å². The number of amides is 1. The van der Waals surface area contributed by atoms with E-state index in [9.17, 15) is 23.1 Å². The maximum atomic E-state index is 13.0. The Morgan fingerprint density at radius 3 is 2.44 bits per heavy atom. The fraction of sp³-hybridized carbons (Fsp3) is 0.579. The van der Waals surface area contributed by atoms with Crippen LogP contribution in [0.2, 0.25) is 0 Å². The molecule has 8 heteroatoms. The van der Waals surface area contributed by atoms with Gasteiger partial charge in [0.2, 0.25) is 15.9 Å². The lowest BCUT2D eigenvalue weighted by Crippen LogP contribution is -2.52. The highest BCUT2D eigenvalue weighted by atomic mass is 32.2. The van der Waals surface area contributed by atoms with Gasteiger partial charge in [-0.25, -0.2) is 8.42 Å². The third kappa shape index (κ3) is 5.77. The van der Waals surface area contributed by atoms with E-state index < -0.39 is 28.0 Å².